The van der Waals surface area contributed by atoms with Crippen molar-refractivity contribution in [3.8, 4) is 0 Å². The van der Waals surface area contributed by atoms with Crippen molar-refractivity contribution in [3.05, 3.63) is 22.4 Å². The first-order chi connectivity index (χ1) is 7.74. The van der Waals surface area contributed by atoms with Crippen molar-refractivity contribution in [1.29, 1.82) is 0 Å². The molecule has 0 bridgehead atoms. The summed E-state index contributed by atoms with van der Waals surface area (Å²) in [4.78, 5) is 2.43. The van der Waals surface area contributed by atoms with Crippen LogP contribution in [0.2, 0.25) is 0 Å². The van der Waals surface area contributed by atoms with Crippen LogP contribution in [0.25, 0.3) is 0 Å². The number of likely N-dealkylation sites (N-methyl/N-ethyl adjacent to an activating group) is 1. The average molecular weight is 258 g/mol. The predicted molar refractivity (Wildman–Crippen MR) is 76.3 cm³/mol. The molecule has 1 rings (SSSR count). The van der Waals surface area contributed by atoms with Crippen molar-refractivity contribution in [2.45, 2.75) is 25.4 Å². The Kier molecular flexibility index (Phi) is 6.43. The molecule has 2 N–H and O–H groups in total. The van der Waals surface area contributed by atoms with E-state index in [1.807, 2.05) is 11.8 Å². The van der Waals surface area contributed by atoms with Crippen LogP contribution in [0.3, 0.4) is 0 Å². The zero-order valence-electron chi connectivity index (χ0n) is 10.3. The first-order valence-electron chi connectivity index (χ1n) is 5.67. The molecule has 1 aromatic rings. The number of rotatable bonds is 7. The number of nitrogens with two attached hydrogens (primary N) is 1. The van der Waals surface area contributed by atoms with Crippen LogP contribution in [0.15, 0.2) is 16.8 Å². The molecule has 0 aliphatic heterocycles. The van der Waals surface area contributed by atoms with Crippen molar-refractivity contribution >= 4 is 23.1 Å². The lowest BCUT2D eigenvalue weighted by Crippen LogP contribution is -2.39. The van der Waals surface area contributed by atoms with Crippen LogP contribution in [0.5, 0.6) is 0 Å². The minimum Gasteiger partial charge on any atom is -0.329 e. The molecule has 0 radical (unpaired) electrons. The third-order valence-corrected chi connectivity index (χ3v) is 4.47. The summed E-state index contributed by atoms with van der Waals surface area (Å²) in [6.07, 6.45) is 3.34. The molecule has 0 saturated carbocycles. The molecule has 0 aliphatic rings. The molecule has 2 unspecified atom stereocenters. The summed E-state index contributed by atoms with van der Waals surface area (Å²) < 4.78 is 0. The number of thioether (sulfide) groups is 1. The Bertz CT molecular complexity index is 275. The molecule has 0 amide bonds. The van der Waals surface area contributed by atoms with Crippen LogP contribution in [0.4, 0.5) is 0 Å². The highest BCUT2D eigenvalue weighted by molar-refractivity contribution is 7.98. The molecule has 0 spiro atoms. The van der Waals surface area contributed by atoms with E-state index >= 15 is 0 Å². The maximum Gasteiger partial charge on any atom is 0.0478 e. The Labute approximate surface area is 107 Å². The minimum absolute atomic E-state index is 0.364. The van der Waals surface area contributed by atoms with Gasteiger partial charge < -0.3 is 5.73 Å². The van der Waals surface area contributed by atoms with Crippen molar-refractivity contribution in [2.75, 3.05) is 25.6 Å². The van der Waals surface area contributed by atoms with Crippen molar-refractivity contribution in [1.82, 2.24) is 4.90 Å². The zero-order valence-corrected chi connectivity index (χ0v) is 12.0. The second kappa shape index (κ2) is 7.33. The van der Waals surface area contributed by atoms with Gasteiger partial charge in [-0.25, -0.2) is 0 Å². The fourth-order valence-electron chi connectivity index (χ4n) is 1.97. The van der Waals surface area contributed by atoms with Gasteiger partial charge in [0.05, 0.1) is 0 Å². The van der Waals surface area contributed by atoms with Gasteiger partial charge in [-0.1, -0.05) is 6.92 Å². The zero-order chi connectivity index (χ0) is 12.0. The molecule has 16 heavy (non-hydrogen) atoms. The number of hydrogen-bond donors (Lipinski definition) is 1. The topological polar surface area (TPSA) is 29.3 Å². The highest BCUT2D eigenvalue weighted by atomic mass is 32.2. The standard InChI is InChI=1S/C12H22N2S2/c1-4-11(9-15-3)14(2)12(7-13)10-5-6-16-8-10/h5-6,8,11-12H,4,7,9,13H2,1-3H3. The summed E-state index contributed by atoms with van der Waals surface area (Å²) in [6, 6.07) is 3.16. The SMILES string of the molecule is CCC(CSC)N(C)C(CN)c1ccsc1. The lowest BCUT2D eigenvalue weighted by Gasteiger charge is -2.33. The van der Waals surface area contributed by atoms with Crippen molar-refractivity contribution in [2.24, 2.45) is 5.73 Å². The fourth-order valence-corrected chi connectivity index (χ4v) is 3.54. The quantitative estimate of drug-likeness (QED) is 0.815. The Hall–Kier alpha value is -0.0300. The van der Waals surface area contributed by atoms with Gasteiger partial charge in [0.2, 0.25) is 0 Å². The van der Waals surface area contributed by atoms with Gasteiger partial charge in [0.25, 0.3) is 0 Å². The molecule has 92 valence electrons. The van der Waals surface area contributed by atoms with Crippen molar-refractivity contribution < 1.29 is 0 Å². The fraction of sp³-hybridized carbons (Fsp3) is 0.667. The average Bonchev–Trinajstić information content (AvgIpc) is 2.80. The van der Waals surface area contributed by atoms with Crippen molar-refractivity contribution in [3.63, 3.8) is 0 Å². The van der Waals surface area contributed by atoms with E-state index in [1.54, 1.807) is 11.3 Å². The third kappa shape index (κ3) is 3.48. The van der Waals surface area contributed by atoms with Gasteiger partial charge in [-0.3, -0.25) is 4.90 Å². The summed E-state index contributed by atoms with van der Waals surface area (Å²) in [7, 11) is 2.19. The van der Waals surface area contributed by atoms with E-state index in [0.29, 0.717) is 18.6 Å². The van der Waals surface area contributed by atoms with E-state index in [0.717, 1.165) is 0 Å². The number of nitrogens with zero attached hydrogens (tertiary/aromatic N) is 1. The third-order valence-electron chi connectivity index (χ3n) is 3.05. The molecular weight excluding hydrogens is 236 g/mol. The van der Waals surface area contributed by atoms with Gasteiger partial charge in [-0.2, -0.15) is 23.1 Å². The van der Waals surface area contributed by atoms with E-state index in [4.69, 9.17) is 5.73 Å². The Morgan fingerprint density at radius 1 is 1.56 bits per heavy atom. The van der Waals surface area contributed by atoms with Gasteiger partial charge in [-0.15, -0.1) is 0 Å². The molecular formula is C12H22N2S2. The Morgan fingerprint density at radius 2 is 2.31 bits per heavy atom. The van der Waals surface area contributed by atoms with Crippen LogP contribution >= 0.6 is 23.1 Å². The second-order valence-electron chi connectivity index (χ2n) is 3.99. The van der Waals surface area contributed by atoms with E-state index in [1.165, 1.54) is 17.7 Å². The molecule has 0 saturated heterocycles. The molecule has 4 heteroatoms. The summed E-state index contributed by atoms with van der Waals surface area (Å²) >= 11 is 3.65. The van der Waals surface area contributed by atoms with E-state index in [9.17, 15) is 0 Å². The smallest absolute Gasteiger partial charge is 0.0478 e. The van der Waals surface area contributed by atoms with E-state index in [2.05, 4.69) is 42.0 Å². The first kappa shape index (κ1) is 14.0. The molecule has 0 aliphatic carbocycles. The van der Waals surface area contributed by atoms with Crippen LogP contribution < -0.4 is 5.73 Å². The molecule has 0 aromatic carbocycles. The summed E-state index contributed by atoms with van der Waals surface area (Å²) in [5, 5.41) is 4.33. The van der Waals surface area contributed by atoms with Gasteiger partial charge in [0, 0.05) is 24.4 Å². The highest BCUT2D eigenvalue weighted by Gasteiger charge is 2.21. The monoisotopic (exact) mass is 258 g/mol. The lowest BCUT2D eigenvalue weighted by molar-refractivity contribution is 0.188. The molecule has 2 atom stereocenters. The second-order valence-corrected chi connectivity index (χ2v) is 5.68. The van der Waals surface area contributed by atoms with E-state index in [-0.39, 0.29) is 0 Å². The number of thiophene rings is 1. The first-order valence-corrected chi connectivity index (χ1v) is 8.01. The van der Waals surface area contributed by atoms with Crippen LogP contribution in [0.1, 0.15) is 24.9 Å². The Morgan fingerprint density at radius 3 is 2.75 bits per heavy atom. The maximum absolute atomic E-state index is 5.91. The van der Waals surface area contributed by atoms with Gasteiger partial charge >= 0.3 is 0 Å². The van der Waals surface area contributed by atoms with E-state index < -0.39 is 0 Å². The van der Waals surface area contributed by atoms with Crippen LogP contribution in [-0.4, -0.2) is 36.5 Å². The molecule has 2 nitrogen and oxygen atoms in total. The predicted octanol–water partition coefficient (Wildman–Crippen LogP) is 2.82. The van der Waals surface area contributed by atoms with Crippen LogP contribution in [0, 0.1) is 0 Å². The molecule has 1 aromatic heterocycles. The summed E-state index contributed by atoms with van der Waals surface area (Å²) in [5.41, 5.74) is 7.27. The minimum atomic E-state index is 0.364. The number of hydrogen-bond acceptors (Lipinski definition) is 4. The molecule has 0 fully saturated rings. The van der Waals surface area contributed by atoms with Gasteiger partial charge in [0.15, 0.2) is 0 Å². The summed E-state index contributed by atoms with van der Waals surface area (Å²) in [5.74, 6) is 1.17. The maximum atomic E-state index is 5.91. The Balaban J connectivity index is 2.71. The normalized spacial score (nSPS) is 15.3. The van der Waals surface area contributed by atoms with Gasteiger partial charge in [0.1, 0.15) is 0 Å². The lowest BCUT2D eigenvalue weighted by atomic mass is 10.1. The van der Waals surface area contributed by atoms with Gasteiger partial charge in [-0.05, 0) is 42.1 Å². The summed E-state index contributed by atoms with van der Waals surface area (Å²) in [6.45, 7) is 2.94. The largest absolute Gasteiger partial charge is 0.329 e. The van der Waals surface area contributed by atoms with Crippen LogP contribution in [-0.2, 0) is 0 Å². The highest BCUT2D eigenvalue weighted by Crippen LogP contribution is 2.24. The molecule has 1 heterocycles.